The van der Waals surface area contributed by atoms with Crippen molar-refractivity contribution in [2.75, 3.05) is 13.2 Å². The van der Waals surface area contributed by atoms with Gasteiger partial charge < -0.3 is 20.4 Å². The second kappa shape index (κ2) is 10.7. The van der Waals surface area contributed by atoms with Gasteiger partial charge in [0.15, 0.2) is 0 Å². The molecule has 0 aromatic carbocycles. The lowest BCUT2D eigenvalue weighted by Gasteiger charge is -2.63. The molecule has 5 N–H and O–H groups in total. The lowest BCUT2D eigenvalue weighted by molar-refractivity contribution is -0.213. The predicted octanol–water partition coefficient (Wildman–Crippen LogP) is 3.18. The monoisotopic (exact) mass is 532 g/mol. The quantitative estimate of drug-likeness (QED) is 0.285. The van der Waals surface area contributed by atoms with Gasteiger partial charge in [-0.3, -0.25) is 4.55 Å². The zero-order chi connectivity index (χ0) is 26.5. The molecule has 8 nitrogen and oxygen atoms in total. The summed E-state index contributed by atoms with van der Waals surface area (Å²) in [4.78, 5) is 0. The molecule has 4 saturated carbocycles. The summed E-state index contributed by atoms with van der Waals surface area (Å²) in [6, 6.07) is 0. The average molecular weight is 533 g/mol. The van der Waals surface area contributed by atoms with Gasteiger partial charge in [0.1, 0.15) is 0 Å². The van der Waals surface area contributed by atoms with Crippen LogP contribution in [-0.4, -0.2) is 64.9 Å². The second-order valence-corrected chi connectivity index (χ2v) is 14.4. The van der Waals surface area contributed by atoms with E-state index in [4.69, 9.17) is 4.55 Å². The number of rotatable bonds is 9. The van der Waals surface area contributed by atoms with Crippen LogP contribution < -0.4 is 0 Å². The van der Waals surface area contributed by atoms with Crippen LogP contribution in [0.2, 0.25) is 0 Å². The van der Waals surface area contributed by atoms with Gasteiger partial charge in [0, 0.05) is 12.5 Å². The highest BCUT2D eigenvalue weighted by atomic mass is 32.3. The first-order chi connectivity index (χ1) is 16.8. The first-order valence-electron chi connectivity index (χ1n) is 14.1. The zero-order valence-electron chi connectivity index (χ0n) is 22.1. The van der Waals surface area contributed by atoms with E-state index in [-0.39, 0.29) is 53.8 Å². The average Bonchev–Trinajstić information content (AvgIpc) is 3.12. The molecule has 0 bridgehead atoms. The summed E-state index contributed by atoms with van der Waals surface area (Å²) in [6.45, 7) is 6.47. The molecular weight excluding hydrogens is 484 g/mol. The Morgan fingerprint density at radius 3 is 2.39 bits per heavy atom. The molecule has 0 spiro atoms. The normalized spacial score (nSPS) is 46.4. The Kier molecular flexibility index (Phi) is 8.53. The van der Waals surface area contributed by atoms with Gasteiger partial charge in [0.2, 0.25) is 0 Å². The molecule has 4 rings (SSSR count). The molecule has 9 heteroatoms. The number of fused-ring (bicyclic) bond motifs is 5. The van der Waals surface area contributed by atoms with Crippen LogP contribution in [0.5, 0.6) is 0 Å². The van der Waals surface area contributed by atoms with Gasteiger partial charge in [-0.2, -0.15) is 8.42 Å². The Hall–Kier alpha value is -0.290. The molecule has 0 aliphatic heterocycles. The van der Waals surface area contributed by atoms with Crippen molar-refractivity contribution in [1.82, 2.24) is 0 Å². The van der Waals surface area contributed by atoms with Crippen LogP contribution in [0.1, 0.15) is 85.0 Å². The van der Waals surface area contributed by atoms with Crippen molar-refractivity contribution in [2.45, 2.75) is 103 Å². The fourth-order valence-electron chi connectivity index (χ4n) is 9.62. The first kappa shape index (κ1) is 28.7. The van der Waals surface area contributed by atoms with E-state index in [0.717, 1.165) is 57.8 Å². The summed E-state index contributed by atoms with van der Waals surface area (Å²) >= 11 is 0. The van der Waals surface area contributed by atoms with Crippen LogP contribution >= 0.6 is 0 Å². The molecule has 0 aromatic heterocycles. The minimum atomic E-state index is -4.51. The number of aliphatic hydroxyl groups is 4. The highest BCUT2D eigenvalue weighted by Crippen LogP contribution is 2.68. The Balaban J connectivity index is 1.42. The molecule has 210 valence electrons. The van der Waals surface area contributed by atoms with Crippen molar-refractivity contribution in [3.8, 4) is 0 Å². The van der Waals surface area contributed by atoms with E-state index >= 15 is 0 Å². The van der Waals surface area contributed by atoms with E-state index in [2.05, 4.69) is 25.0 Å². The maximum absolute atomic E-state index is 11.6. The van der Waals surface area contributed by atoms with E-state index < -0.39 is 22.6 Å². The van der Waals surface area contributed by atoms with Gasteiger partial charge >= 0.3 is 10.4 Å². The minimum Gasteiger partial charge on any atom is -0.396 e. The van der Waals surface area contributed by atoms with Crippen LogP contribution in [0.25, 0.3) is 0 Å². The summed E-state index contributed by atoms with van der Waals surface area (Å²) in [6.07, 6.45) is 7.26. The smallest absolute Gasteiger partial charge is 0.396 e. The van der Waals surface area contributed by atoms with Crippen LogP contribution in [0, 0.1) is 52.3 Å². The minimum absolute atomic E-state index is 0.0308. The lowest BCUT2D eigenvalue weighted by Crippen LogP contribution is -2.63. The standard InChI is InChI=1S/C27H48O8S/c1-16(5-4-6-17(14-28)15-35-36(32,33)34)20-7-8-21-24-22(30)12-18-11-19(29)9-10-26(18,2)25(24)23(31)13-27(20,21)3/h16-25,28-31H,4-15H2,1-3H3,(H,32,33,34)/t16-,17?,18+,19-,20-,21+,22-,23-,24-,25+,26+,27-/m1/s1. The Morgan fingerprint density at radius 2 is 1.72 bits per heavy atom. The molecular formula is C27H48O8S. The van der Waals surface area contributed by atoms with E-state index in [1.807, 2.05) is 0 Å². The van der Waals surface area contributed by atoms with Gasteiger partial charge in [0.05, 0.1) is 24.9 Å². The topological polar surface area (TPSA) is 145 Å². The van der Waals surface area contributed by atoms with E-state index in [0.29, 0.717) is 24.2 Å². The summed E-state index contributed by atoms with van der Waals surface area (Å²) in [5, 5.41) is 42.9. The van der Waals surface area contributed by atoms with E-state index in [1.54, 1.807) is 0 Å². The van der Waals surface area contributed by atoms with Crippen molar-refractivity contribution in [3.05, 3.63) is 0 Å². The molecule has 1 unspecified atom stereocenters. The molecule has 0 heterocycles. The first-order valence-corrected chi connectivity index (χ1v) is 15.4. The highest BCUT2D eigenvalue weighted by molar-refractivity contribution is 7.80. The Morgan fingerprint density at radius 1 is 1.00 bits per heavy atom. The molecule has 0 aromatic rings. The third kappa shape index (κ3) is 5.40. The molecule has 0 radical (unpaired) electrons. The summed E-state index contributed by atoms with van der Waals surface area (Å²) in [5.41, 5.74) is -0.0696. The number of hydrogen-bond acceptors (Lipinski definition) is 7. The van der Waals surface area contributed by atoms with Crippen LogP contribution in [0.3, 0.4) is 0 Å². The third-order valence-corrected chi connectivity index (χ3v) is 11.8. The summed E-state index contributed by atoms with van der Waals surface area (Å²) in [7, 11) is -4.51. The van der Waals surface area contributed by atoms with Crippen molar-refractivity contribution in [1.29, 1.82) is 0 Å². The zero-order valence-corrected chi connectivity index (χ0v) is 22.9. The number of hydrogen-bond donors (Lipinski definition) is 5. The van der Waals surface area contributed by atoms with Gasteiger partial charge in [-0.05, 0) is 97.7 Å². The van der Waals surface area contributed by atoms with E-state index in [9.17, 15) is 28.8 Å². The fraction of sp³-hybridized carbons (Fsp3) is 1.00. The molecule has 12 atom stereocenters. The Labute approximate surface area is 216 Å². The van der Waals surface area contributed by atoms with Gasteiger partial charge in [-0.1, -0.05) is 33.6 Å². The summed E-state index contributed by atoms with van der Waals surface area (Å²) < 4.78 is 34.9. The van der Waals surface area contributed by atoms with Gasteiger partial charge in [-0.15, -0.1) is 0 Å². The van der Waals surface area contributed by atoms with E-state index in [1.165, 1.54) is 0 Å². The van der Waals surface area contributed by atoms with Crippen LogP contribution in [0.4, 0.5) is 0 Å². The van der Waals surface area contributed by atoms with Crippen LogP contribution in [0.15, 0.2) is 0 Å². The third-order valence-electron chi connectivity index (χ3n) is 11.3. The highest BCUT2D eigenvalue weighted by Gasteiger charge is 2.65. The number of aliphatic hydroxyl groups excluding tert-OH is 4. The maximum atomic E-state index is 11.6. The summed E-state index contributed by atoms with van der Waals surface area (Å²) in [5.74, 6) is 1.32. The van der Waals surface area contributed by atoms with Crippen molar-refractivity contribution >= 4 is 10.4 Å². The van der Waals surface area contributed by atoms with Gasteiger partial charge in [0.25, 0.3) is 0 Å². The maximum Gasteiger partial charge on any atom is 0.397 e. The Bertz CT molecular complexity index is 866. The molecule has 4 fully saturated rings. The SMILES string of the molecule is C[C@H](CCCC(CO)COS(=O)(=O)O)[C@H]1CC[C@H]2[C@H]3[C@H]([C@H](O)C[C@]12C)[C@@]1(C)CC[C@@H](O)C[C@H]1C[C@H]3O. The van der Waals surface area contributed by atoms with Gasteiger partial charge in [-0.25, -0.2) is 4.18 Å². The second-order valence-electron chi connectivity index (χ2n) is 13.3. The fourth-order valence-corrected chi connectivity index (χ4v) is 9.99. The molecule has 4 aliphatic rings. The molecule has 0 saturated heterocycles. The molecule has 4 aliphatic carbocycles. The van der Waals surface area contributed by atoms with Crippen molar-refractivity contribution in [2.24, 2.45) is 52.3 Å². The largest absolute Gasteiger partial charge is 0.397 e. The molecule has 36 heavy (non-hydrogen) atoms. The predicted molar refractivity (Wildman–Crippen MR) is 135 cm³/mol. The van der Waals surface area contributed by atoms with Crippen LogP contribution in [-0.2, 0) is 14.6 Å². The molecule has 0 amide bonds. The van der Waals surface area contributed by atoms with Crippen molar-refractivity contribution < 1.29 is 37.6 Å². The van der Waals surface area contributed by atoms with Crippen molar-refractivity contribution in [3.63, 3.8) is 0 Å². The lowest BCUT2D eigenvalue weighted by atomic mass is 9.43.